The van der Waals surface area contributed by atoms with Gasteiger partial charge in [0.25, 0.3) is 0 Å². The monoisotopic (exact) mass is 486 g/mol. The number of fused-ring (bicyclic) bond motifs is 3. The standard InChI is InChI=1S/C23H32Cl2N2O5/c1-5-6-8-23(25)17-18(24)27(13-26(17)14(2)28)19(29)22-9-7-15(21(22,3)4)12-16(22)31-10-11-32-20(23)30/h5-6,15-18H,7-13H2,1-4H3/b6-5+/t15-,16+,17+,18-,22+,23?/m0/s1. The van der Waals surface area contributed by atoms with Gasteiger partial charge in [0.1, 0.15) is 12.1 Å². The van der Waals surface area contributed by atoms with Crippen molar-refractivity contribution in [1.29, 1.82) is 0 Å². The van der Waals surface area contributed by atoms with Crippen molar-refractivity contribution in [2.75, 3.05) is 19.9 Å². The summed E-state index contributed by atoms with van der Waals surface area (Å²) >= 11 is 13.8. The van der Waals surface area contributed by atoms with E-state index in [1.54, 1.807) is 12.2 Å². The predicted octanol–water partition coefficient (Wildman–Crippen LogP) is 3.28. The SMILES string of the molecule is C/C=C/CC1(Cl)C(=O)OCCO[C@@H]2C[C@@H]3CC[C@@]2(C(=O)N2CN(C(C)=O)[C@@H]1[C@H]2Cl)C3(C)C. The highest BCUT2D eigenvalue weighted by molar-refractivity contribution is 6.36. The van der Waals surface area contributed by atoms with Crippen LogP contribution in [-0.2, 0) is 23.9 Å². The number of halogens is 2. The lowest BCUT2D eigenvalue weighted by molar-refractivity contribution is -0.164. The molecule has 1 spiro atoms. The van der Waals surface area contributed by atoms with Gasteiger partial charge in [-0.05, 0) is 43.9 Å². The topological polar surface area (TPSA) is 76.2 Å². The predicted molar refractivity (Wildman–Crippen MR) is 120 cm³/mol. The van der Waals surface area contributed by atoms with Crippen molar-refractivity contribution in [2.45, 2.75) is 75.9 Å². The number of amides is 2. The number of allylic oxidation sites excluding steroid dienone is 2. The molecule has 4 fully saturated rings. The highest BCUT2D eigenvalue weighted by atomic mass is 35.5. The summed E-state index contributed by atoms with van der Waals surface area (Å²) in [6.07, 6.45) is 5.82. The number of nitrogens with zero attached hydrogens (tertiary/aromatic N) is 2. The van der Waals surface area contributed by atoms with Crippen LogP contribution in [0.15, 0.2) is 12.2 Å². The zero-order valence-electron chi connectivity index (χ0n) is 19.1. The minimum atomic E-state index is -1.63. The van der Waals surface area contributed by atoms with Crippen molar-refractivity contribution in [1.82, 2.24) is 9.80 Å². The number of hydrogen-bond donors (Lipinski definition) is 0. The van der Waals surface area contributed by atoms with E-state index in [1.807, 2.05) is 6.92 Å². The number of carbonyl (C=O) groups is 3. The van der Waals surface area contributed by atoms with Gasteiger partial charge in [0, 0.05) is 6.92 Å². The molecule has 4 aliphatic rings. The molecule has 1 unspecified atom stereocenters. The molecule has 2 amide bonds. The number of cyclic esters (lactones) is 1. The van der Waals surface area contributed by atoms with E-state index < -0.39 is 27.8 Å². The quantitative estimate of drug-likeness (QED) is 0.259. The van der Waals surface area contributed by atoms with Gasteiger partial charge >= 0.3 is 5.97 Å². The summed E-state index contributed by atoms with van der Waals surface area (Å²) in [5.74, 6) is -0.715. The van der Waals surface area contributed by atoms with E-state index in [9.17, 15) is 14.4 Å². The zero-order chi connectivity index (χ0) is 23.5. The minimum Gasteiger partial charge on any atom is -0.462 e. The van der Waals surface area contributed by atoms with Crippen LogP contribution < -0.4 is 0 Å². The number of esters is 1. The van der Waals surface area contributed by atoms with Crippen LogP contribution in [-0.4, -0.2) is 70.0 Å². The molecule has 6 atom stereocenters. The third kappa shape index (κ3) is 3.14. The maximum atomic E-state index is 14.2. The first-order valence-electron chi connectivity index (χ1n) is 11.3. The molecule has 9 heteroatoms. The lowest BCUT2D eigenvalue weighted by atomic mass is 9.67. The second kappa shape index (κ2) is 8.17. The second-order valence-corrected chi connectivity index (χ2v) is 11.1. The number of alkyl halides is 2. The van der Waals surface area contributed by atoms with Crippen molar-refractivity contribution in [3.63, 3.8) is 0 Å². The molecule has 0 aromatic heterocycles. The summed E-state index contributed by atoms with van der Waals surface area (Å²) in [6, 6.07) is -0.923. The van der Waals surface area contributed by atoms with Crippen LogP contribution in [0.5, 0.6) is 0 Å². The van der Waals surface area contributed by atoms with Gasteiger partial charge in [-0.1, -0.05) is 37.6 Å². The van der Waals surface area contributed by atoms with Gasteiger partial charge in [-0.3, -0.25) is 14.4 Å². The summed E-state index contributed by atoms with van der Waals surface area (Å²) in [6.45, 7) is 7.69. The van der Waals surface area contributed by atoms with E-state index in [0.717, 1.165) is 12.8 Å². The molecule has 2 aliphatic carbocycles. The molecule has 2 saturated heterocycles. The summed E-state index contributed by atoms with van der Waals surface area (Å²) in [5, 5.41) is 0. The van der Waals surface area contributed by atoms with Crippen molar-refractivity contribution >= 4 is 41.0 Å². The first-order valence-corrected chi connectivity index (χ1v) is 12.1. The third-order valence-corrected chi connectivity index (χ3v) is 9.45. The fourth-order valence-electron chi connectivity index (χ4n) is 6.53. The van der Waals surface area contributed by atoms with E-state index in [4.69, 9.17) is 32.7 Å². The summed E-state index contributed by atoms with van der Waals surface area (Å²) < 4.78 is 11.7. The molecular weight excluding hydrogens is 455 g/mol. The molecule has 0 aromatic rings. The van der Waals surface area contributed by atoms with Crippen LogP contribution in [0.3, 0.4) is 0 Å². The molecule has 7 nitrogen and oxygen atoms in total. The number of hydrogen-bond acceptors (Lipinski definition) is 5. The van der Waals surface area contributed by atoms with Crippen molar-refractivity contribution in [3.8, 4) is 0 Å². The molecule has 178 valence electrons. The molecule has 4 bridgehead atoms. The molecule has 2 heterocycles. The highest BCUT2D eigenvalue weighted by Crippen LogP contribution is 2.67. The molecule has 32 heavy (non-hydrogen) atoms. The first kappa shape index (κ1) is 23.8. The Morgan fingerprint density at radius 2 is 2.00 bits per heavy atom. The fourth-order valence-corrected chi connectivity index (χ4v) is 7.48. The molecule has 2 saturated carbocycles. The maximum absolute atomic E-state index is 14.2. The van der Waals surface area contributed by atoms with Crippen LogP contribution in [0.4, 0.5) is 0 Å². The molecular formula is C23H32Cl2N2O5. The Balaban J connectivity index is 1.82. The number of ether oxygens (including phenoxy) is 2. The Morgan fingerprint density at radius 3 is 2.62 bits per heavy atom. The van der Waals surface area contributed by atoms with E-state index >= 15 is 0 Å². The van der Waals surface area contributed by atoms with E-state index in [0.29, 0.717) is 12.3 Å². The minimum absolute atomic E-state index is 0.0141. The molecule has 2 aliphatic heterocycles. The van der Waals surface area contributed by atoms with Crippen LogP contribution in [0.25, 0.3) is 0 Å². The molecule has 0 aromatic carbocycles. The summed E-state index contributed by atoms with van der Waals surface area (Å²) in [5.41, 5.74) is -1.97. The molecule has 0 N–H and O–H groups in total. The molecule has 4 rings (SSSR count). The summed E-state index contributed by atoms with van der Waals surface area (Å²) in [4.78, 5) is 41.4. The smallest absolute Gasteiger partial charge is 0.329 e. The van der Waals surface area contributed by atoms with Crippen LogP contribution in [0.2, 0.25) is 0 Å². The van der Waals surface area contributed by atoms with E-state index in [2.05, 4.69) is 13.8 Å². The van der Waals surface area contributed by atoms with Crippen molar-refractivity contribution in [2.24, 2.45) is 16.7 Å². The van der Waals surface area contributed by atoms with Gasteiger partial charge in [0.05, 0.1) is 30.8 Å². The lowest BCUT2D eigenvalue weighted by Gasteiger charge is -2.44. The summed E-state index contributed by atoms with van der Waals surface area (Å²) in [7, 11) is 0. The largest absolute Gasteiger partial charge is 0.462 e. The maximum Gasteiger partial charge on any atom is 0.329 e. The molecule has 0 radical (unpaired) electrons. The third-order valence-electron chi connectivity index (χ3n) is 8.45. The van der Waals surface area contributed by atoms with E-state index in [-0.39, 0.29) is 49.6 Å². The Hall–Kier alpha value is -1.31. The van der Waals surface area contributed by atoms with Gasteiger partial charge < -0.3 is 19.3 Å². The van der Waals surface area contributed by atoms with Crippen LogP contribution >= 0.6 is 23.2 Å². The number of carbonyl (C=O) groups excluding carboxylic acids is 3. The normalized spacial score (nSPS) is 41.4. The Labute approximate surface area is 199 Å². The Bertz CT molecular complexity index is 848. The highest BCUT2D eigenvalue weighted by Gasteiger charge is 2.71. The van der Waals surface area contributed by atoms with Crippen molar-refractivity contribution < 1.29 is 23.9 Å². The Kier molecular flexibility index (Phi) is 6.09. The van der Waals surface area contributed by atoms with Crippen LogP contribution in [0.1, 0.15) is 53.4 Å². The Morgan fingerprint density at radius 1 is 1.28 bits per heavy atom. The van der Waals surface area contributed by atoms with Crippen LogP contribution in [0, 0.1) is 16.7 Å². The second-order valence-electron chi connectivity index (χ2n) is 10.0. The first-order chi connectivity index (χ1) is 15.0. The zero-order valence-corrected chi connectivity index (χ0v) is 20.6. The fraction of sp³-hybridized carbons (Fsp3) is 0.783. The van der Waals surface area contributed by atoms with Gasteiger partial charge in [0.2, 0.25) is 11.8 Å². The van der Waals surface area contributed by atoms with Gasteiger partial charge in [-0.15, -0.1) is 11.6 Å². The van der Waals surface area contributed by atoms with Gasteiger partial charge in [-0.25, -0.2) is 0 Å². The van der Waals surface area contributed by atoms with Gasteiger partial charge in [0.15, 0.2) is 4.87 Å². The van der Waals surface area contributed by atoms with Gasteiger partial charge in [-0.2, -0.15) is 0 Å². The lowest BCUT2D eigenvalue weighted by Crippen LogP contribution is -2.58. The average Bonchev–Trinajstić information content (AvgIpc) is 3.30. The van der Waals surface area contributed by atoms with Crippen molar-refractivity contribution in [3.05, 3.63) is 12.2 Å². The average molecular weight is 487 g/mol. The van der Waals surface area contributed by atoms with E-state index in [1.165, 1.54) is 16.7 Å². The number of rotatable bonds is 2.